The zero-order chi connectivity index (χ0) is 18.8. The highest BCUT2D eigenvalue weighted by Gasteiger charge is 2.63. The van der Waals surface area contributed by atoms with Crippen LogP contribution in [-0.4, -0.2) is 48.4 Å². The number of rotatable bonds is 2. The largest absolute Gasteiger partial charge is 0.459 e. The molecule has 4 aliphatic rings. The summed E-state index contributed by atoms with van der Waals surface area (Å²) in [7, 11) is 0. The Balaban J connectivity index is 1.66. The molecule has 0 radical (unpaired) electrons. The lowest BCUT2D eigenvalue weighted by molar-refractivity contribution is -0.180. The molecule has 2 fully saturated rings. The molecule has 3 heterocycles. The maximum Gasteiger partial charge on any atom is 0.303 e. The lowest BCUT2D eigenvalue weighted by atomic mass is 9.61. The van der Waals surface area contributed by atoms with Crippen LogP contribution >= 0.6 is 0 Å². The van der Waals surface area contributed by atoms with Crippen LogP contribution in [0.3, 0.4) is 0 Å². The maximum atomic E-state index is 12.0. The van der Waals surface area contributed by atoms with Crippen LogP contribution in [0, 0.1) is 0 Å². The van der Waals surface area contributed by atoms with Gasteiger partial charge in [-0.2, -0.15) is 0 Å². The van der Waals surface area contributed by atoms with E-state index >= 15 is 0 Å². The van der Waals surface area contributed by atoms with Crippen LogP contribution in [0.5, 0.6) is 11.5 Å². The average Bonchev–Trinajstić information content (AvgIpc) is 3.17. The molecule has 0 aromatic heterocycles. The lowest BCUT2D eigenvalue weighted by Gasteiger charge is -2.52. The second-order valence-corrected chi connectivity index (χ2v) is 7.89. The van der Waals surface area contributed by atoms with E-state index in [2.05, 4.69) is 11.0 Å². The monoisotopic (exact) mass is 373 g/mol. The van der Waals surface area contributed by atoms with Crippen LogP contribution in [0.15, 0.2) is 12.1 Å². The van der Waals surface area contributed by atoms with Gasteiger partial charge in [-0.05, 0) is 49.1 Å². The van der Waals surface area contributed by atoms with Gasteiger partial charge < -0.3 is 18.9 Å². The van der Waals surface area contributed by atoms with E-state index in [-0.39, 0.29) is 24.8 Å². The summed E-state index contributed by atoms with van der Waals surface area (Å²) in [6.45, 7) is 4.82. The van der Waals surface area contributed by atoms with Crippen molar-refractivity contribution in [1.82, 2.24) is 4.90 Å². The third-order valence-corrected chi connectivity index (χ3v) is 6.50. The molecule has 1 unspecified atom stereocenters. The van der Waals surface area contributed by atoms with Gasteiger partial charge in [-0.25, -0.2) is 0 Å². The van der Waals surface area contributed by atoms with Crippen LogP contribution in [0.4, 0.5) is 0 Å². The van der Waals surface area contributed by atoms with Crippen molar-refractivity contribution in [3.05, 3.63) is 23.3 Å². The SMILES string of the molecule is CC(=O)O[C@H]1CC[C@H]2N3CC[C@@]2(c2cc4c(cc2C3)OCO4)[C@H]1OC(C)=O. The summed E-state index contributed by atoms with van der Waals surface area (Å²) in [4.78, 5) is 26.1. The molecule has 5 atom stereocenters. The molecule has 27 heavy (non-hydrogen) atoms. The zero-order valence-electron chi connectivity index (χ0n) is 15.5. The Morgan fingerprint density at radius 3 is 2.59 bits per heavy atom. The number of ether oxygens (including phenoxy) is 4. The third kappa shape index (κ3) is 2.37. The van der Waals surface area contributed by atoms with E-state index in [1.54, 1.807) is 0 Å². The fourth-order valence-electron chi connectivity index (χ4n) is 5.67. The molecule has 1 aromatic rings. The maximum absolute atomic E-state index is 12.0. The van der Waals surface area contributed by atoms with E-state index in [9.17, 15) is 9.59 Å². The topological polar surface area (TPSA) is 74.3 Å². The van der Waals surface area contributed by atoms with Crippen molar-refractivity contribution in [2.24, 2.45) is 0 Å². The minimum absolute atomic E-state index is 0.224. The van der Waals surface area contributed by atoms with E-state index in [0.717, 1.165) is 43.0 Å². The predicted molar refractivity (Wildman–Crippen MR) is 93.4 cm³/mol. The highest BCUT2D eigenvalue weighted by atomic mass is 16.7. The first-order valence-electron chi connectivity index (χ1n) is 9.50. The Bertz CT molecular complexity index is 823. The Morgan fingerprint density at radius 1 is 1.11 bits per heavy atom. The standard InChI is InChI=1S/C20H23NO6/c1-11(22)26-15-3-4-18-20(19(15)27-12(2)23)5-6-21(18)9-13-7-16-17(8-14(13)20)25-10-24-16/h7-8,15,18-19H,3-6,9-10H2,1-2H3/t15-,18+,19-,20-/m0/s1. The van der Waals surface area contributed by atoms with Gasteiger partial charge in [0.2, 0.25) is 6.79 Å². The summed E-state index contributed by atoms with van der Waals surface area (Å²) in [5.41, 5.74) is 1.93. The van der Waals surface area contributed by atoms with E-state index in [4.69, 9.17) is 18.9 Å². The average molecular weight is 373 g/mol. The van der Waals surface area contributed by atoms with Crippen LogP contribution in [0.1, 0.15) is 44.2 Å². The molecule has 7 nitrogen and oxygen atoms in total. The molecule has 2 bridgehead atoms. The molecule has 0 amide bonds. The van der Waals surface area contributed by atoms with Gasteiger partial charge in [0.1, 0.15) is 12.2 Å². The molecule has 5 rings (SSSR count). The minimum Gasteiger partial charge on any atom is -0.459 e. The second kappa shape index (κ2) is 5.86. The van der Waals surface area contributed by atoms with Crippen molar-refractivity contribution in [1.29, 1.82) is 0 Å². The number of benzene rings is 1. The first-order valence-corrected chi connectivity index (χ1v) is 9.50. The van der Waals surface area contributed by atoms with Crippen molar-refractivity contribution >= 4 is 11.9 Å². The van der Waals surface area contributed by atoms with Crippen molar-refractivity contribution in [2.75, 3.05) is 13.3 Å². The van der Waals surface area contributed by atoms with Crippen molar-refractivity contribution in [2.45, 2.75) is 63.3 Å². The lowest BCUT2D eigenvalue weighted by Crippen LogP contribution is -2.62. The van der Waals surface area contributed by atoms with E-state index < -0.39 is 17.6 Å². The van der Waals surface area contributed by atoms with Crippen LogP contribution < -0.4 is 9.47 Å². The van der Waals surface area contributed by atoms with E-state index in [1.165, 1.54) is 19.4 Å². The highest BCUT2D eigenvalue weighted by Crippen LogP contribution is 2.56. The number of carbonyl (C=O) groups is 2. The Kier molecular flexibility index (Phi) is 3.66. The first-order chi connectivity index (χ1) is 13.0. The van der Waals surface area contributed by atoms with Gasteiger partial charge in [-0.1, -0.05) is 0 Å². The highest BCUT2D eigenvalue weighted by molar-refractivity contribution is 5.68. The molecule has 3 aliphatic heterocycles. The van der Waals surface area contributed by atoms with Crippen LogP contribution in [0.2, 0.25) is 0 Å². The molecule has 7 heteroatoms. The van der Waals surface area contributed by atoms with Gasteiger partial charge in [0.15, 0.2) is 11.5 Å². The molecule has 1 aliphatic carbocycles. The van der Waals surface area contributed by atoms with Crippen LogP contribution in [0.25, 0.3) is 0 Å². The van der Waals surface area contributed by atoms with Crippen LogP contribution in [-0.2, 0) is 31.0 Å². The summed E-state index contributed by atoms with van der Waals surface area (Å²) in [5.74, 6) is 0.807. The zero-order valence-corrected chi connectivity index (χ0v) is 15.5. The van der Waals surface area contributed by atoms with E-state index in [0.29, 0.717) is 6.42 Å². The normalized spacial score (nSPS) is 35.2. The molecule has 1 aromatic carbocycles. The number of esters is 2. The van der Waals surface area contributed by atoms with Crippen molar-refractivity contribution in [3.63, 3.8) is 0 Å². The summed E-state index contributed by atoms with van der Waals surface area (Å²) in [5, 5.41) is 0. The van der Waals surface area contributed by atoms with Crippen molar-refractivity contribution < 1.29 is 28.5 Å². The molecular formula is C20H23NO6. The number of carbonyl (C=O) groups excluding carboxylic acids is 2. The minimum atomic E-state index is -0.498. The molecule has 1 saturated carbocycles. The Hall–Kier alpha value is -2.28. The van der Waals surface area contributed by atoms with Crippen molar-refractivity contribution in [3.8, 4) is 11.5 Å². The number of hydrogen-bond acceptors (Lipinski definition) is 7. The smallest absolute Gasteiger partial charge is 0.303 e. The summed E-state index contributed by atoms with van der Waals surface area (Å²) >= 11 is 0. The molecule has 1 saturated heterocycles. The molecule has 144 valence electrons. The number of nitrogens with zero attached hydrogens (tertiary/aromatic N) is 1. The van der Waals surface area contributed by atoms with Gasteiger partial charge in [0.05, 0.1) is 5.41 Å². The molecular weight excluding hydrogens is 350 g/mol. The second-order valence-electron chi connectivity index (χ2n) is 7.89. The van der Waals surface area contributed by atoms with Gasteiger partial charge in [-0.15, -0.1) is 0 Å². The quantitative estimate of drug-likeness (QED) is 0.733. The fraction of sp³-hybridized carbons (Fsp3) is 0.600. The van der Waals surface area contributed by atoms with Gasteiger partial charge in [0.25, 0.3) is 0 Å². The molecule has 0 N–H and O–H groups in total. The van der Waals surface area contributed by atoms with Gasteiger partial charge >= 0.3 is 11.9 Å². The Morgan fingerprint density at radius 2 is 1.85 bits per heavy atom. The number of fused-ring (bicyclic) bond motifs is 2. The predicted octanol–water partition coefficient (Wildman–Crippen LogP) is 1.90. The first kappa shape index (κ1) is 16.9. The summed E-state index contributed by atoms with van der Waals surface area (Å²) in [6.07, 6.45) is 1.53. The molecule has 0 spiro atoms. The third-order valence-electron chi connectivity index (χ3n) is 6.50. The summed E-state index contributed by atoms with van der Waals surface area (Å²) in [6, 6.07) is 4.37. The summed E-state index contributed by atoms with van der Waals surface area (Å²) < 4.78 is 22.7. The number of hydrogen-bond donors (Lipinski definition) is 0. The Labute approximate surface area is 157 Å². The van der Waals surface area contributed by atoms with E-state index in [1.807, 2.05) is 6.07 Å². The van der Waals surface area contributed by atoms with Gasteiger partial charge in [0, 0.05) is 26.4 Å². The van der Waals surface area contributed by atoms with Gasteiger partial charge in [-0.3, -0.25) is 14.5 Å². The fourth-order valence-corrected chi connectivity index (χ4v) is 5.67.